The number of aldehydes is 1. The van der Waals surface area contributed by atoms with Crippen LogP contribution in [0.1, 0.15) is 45.4 Å². The van der Waals surface area contributed by atoms with Gasteiger partial charge in [0.2, 0.25) is 0 Å². The summed E-state index contributed by atoms with van der Waals surface area (Å²) in [5.74, 6) is 0. The van der Waals surface area contributed by atoms with Gasteiger partial charge in [0.15, 0.2) is 0 Å². The molecule has 0 radical (unpaired) electrons. The van der Waals surface area contributed by atoms with Gasteiger partial charge in [-0.05, 0) is 58.8 Å². The quantitative estimate of drug-likeness (QED) is 0.699. The zero-order valence-electron chi connectivity index (χ0n) is 11.1. The Labute approximate surface area is 105 Å². The van der Waals surface area contributed by atoms with Crippen molar-refractivity contribution in [2.45, 2.75) is 57.5 Å². The summed E-state index contributed by atoms with van der Waals surface area (Å²) >= 11 is 0. The Morgan fingerprint density at radius 3 is 1.76 bits per heavy atom. The van der Waals surface area contributed by atoms with Crippen LogP contribution in [0.15, 0.2) is 0 Å². The SMILES string of the molecule is CC(C(C=O)N1CCCCC1)N1CCCCC1. The third-order valence-corrected chi connectivity index (χ3v) is 4.41. The number of nitrogens with zero attached hydrogens (tertiary/aromatic N) is 2. The Balaban J connectivity index is 1.93. The van der Waals surface area contributed by atoms with Gasteiger partial charge in [-0.15, -0.1) is 0 Å². The van der Waals surface area contributed by atoms with Crippen LogP contribution in [-0.2, 0) is 4.79 Å². The van der Waals surface area contributed by atoms with Crippen LogP contribution >= 0.6 is 0 Å². The van der Waals surface area contributed by atoms with Gasteiger partial charge in [0.25, 0.3) is 0 Å². The molecule has 0 aromatic carbocycles. The summed E-state index contributed by atoms with van der Waals surface area (Å²) in [5.41, 5.74) is 0. The van der Waals surface area contributed by atoms with Crippen LogP contribution in [0.3, 0.4) is 0 Å². The van der Waals surface area contributed by atoms with E-state index < -0.39 is 0 Å². The van der Waals surface area contributed by atoms with Gasteiger partial charge in [-0.25, -0.2) is 0 Å². The highest BCUT2D eigenvalue weighted by atomic mass is 16.1. The Hall–Kier alpha value is -0.410. The molecule has 2 fully saturated rings. The maximum atomic E-state index is 11.4. The largest absolute Gasteiger partial charge is 0.302 e. The normalized spacial score (nSPS) is 27.6. The molecule has 2 aliphatic rings. The molecule has 2 rings (SSSR count). The molecule has 0 aromatic heterocycles. The molecular formula is C14H26N2O. The maximum Gasteiger partial charge on any atom is 0.138 e. The second kappa shape index (κ2) is 6.50. The van der Waals surface area contributed by atoms with Crippen molar-refractivity contribution in [2.75, 3.05) is 26.2 Å². The van der Waals surface area contributed by atoms with Crippen LogP contribution in [0, 0.1) is 0 Å². The van der Waals surface area contributed by atoms with Crippen molar-refractivity contribution in [2.24, 2.45) is 0 Å². The molecule has 2 unspecified atom stereocenters. The Kier molecular flexibility index (Phi) is 4.99. The topological polar surface area (TPSA) is 23.6 Å². The van der Waals surface area contributed by atoms with Crippen LogP contribution in [0.2, 0.25) is 0 Å². The van der Waals surface area contributed by atoms with Crippen LogP contribution in [0.4, 0.5) is 0 Å². The molecule has 2 saturated heterocycles. The van der Waals surface area contributed by atoms with E-state index in [1.807, 2.05) is 0 Å². The van der Waals surface area contributed by atoms with Gasteiger partial charge >= 0.3 is 0 Å². The molecule has 2 atom stereocenters. The van der Waals surface area contributed by atoms with Crippen LogP contribution in [0.25, 0.3) is 0 Å². The van der Waals surface area contributed by atoms with Gasteiger partial charge in [0.1, 0.15) is 6.29 Å². The standard InChI is InChI=1S/C14H26N2O/c1-13(15-8-4-2-5-9-15)14(12-17)16-10-6-3-7-11-16/h12-14H,2-11H2,1H3. The zero-order valence-corrected chi connectivity index (χ0v) is 11.1. The Bertz CT molecular complexity index is 232. The first kappa shape index (κ1) is 13.0. The van der Waals surface area contributed by atoms with Crippen molar-refractivity contribution in [1.82, 2.24) is 9.80 Å². The summed E-state index contributed by atoms with van der Waals surface area (Å²) in [7, 11) is 0. The van der Waals surface area contributed by atoms with Crippen molar-refractivity contribution in [1.29, 1.82) is 0 Å². The minimum absolute atomic E-state index is 0.119. The van der Waals surface area contributed by atoms with Gasteiger partial charge < -0.3 is 4.79 Å². The van der Waals surface area contributed by atoms with E-state index in [4.69, 9.17) is 0 Å². The second-order valence-electron chi connectivity index (χ2n) is 5.56. The predicted octanol–water partition coefficient (Wildman–Crippen LogP) is 1.91. The fourth-order valence-electron chi connectivity index (χ4n) is 3.26. The first-order valence-electron chi connectivity index (χ1n) is 7.26. The molecule has 0 aliphatic carbocycles. The van der Waals surface area contributed by atoms with E-state index in [0.29, 0.717) is 6.04 Å². The zero-order chi connectivity index (χ0) is 12.1. The van der Waals surface area contributed by atoms with E-state index in [0.717, 1.165) is 13.1 Å². The third kappa shape index (κ3) is 3.29. The lowest BCUT2D eigenvalue weighted by molar-refractivity contribution is -0.115. The van der Waals surface area contributed by atoms with Gasteiger partial charge in [0.05, 0.1) is 6.04 Å². The molecule has 0 aromatic rings. The number of hydrogen-bond donors (Lipinski definition) is 0. The summed E-state index contributed by atoms with van der Waals surface area (Å²) in [6.07, 6.45) is 9.00. The van der Waals surface area contributed by atoms with Crippen LogP contribution < -0.4 is 0 Å². The third-order valence-electron chi connectivity index (χ3n) is 4.41. The minimum atomic E-state index is 0.119. The van der Waals surface area contributed by atoms with E-state index in [1.54, 1.807) is 0 Å². The molecule has 0 saturated carbocycles. The fourth-order valence-corrected chi connectivity index (χ4v) is 3.26. The number of carbonyl (C=O) groups excluding carboxylic acids is 1. The van der Waals surface area contributed by atoms with E-state index in [-0.39, 0.29) is 6.04 Å². The summed E-state index contributed by atoms with van der Waals surface area (Å²) in [6.45, 7) is 6.82. The molecule has 3 heteroatoms. The highest BCUT2D eigenvalue weighted by Gasteiger charge is 2.29. The van der Waals surface area contributed by atoms with E-state index in [9.17, 15) is 4.79 Å². The molecule has 0 amide bonds. The molecular weight excluding hydrogens is 212 g/mol. The van der Waals surface area contributed by atoms with Gasteiger partial charge in [-0.2, -0.15) is 0 Å². The number of piperidine rings is 2. The predicted molar refractivity (Wildman–Crippen MR) is 70.2 cm³/mol. The smallest absolute Gasteiger partial charge is 0.138 e. The van der Waals surface area contributed by atoms with Gasteiger partial charge in [0, 0.05) is 6.04 Å². The number of likely N-dealkylation sites (tertiary alicyclic amines) is 2. The molecule has 2 heterocycles. The van der Waals surface area contributed by atoms with Crippen molar-refractivity contribution in [3.8, 4) is 0 Å². The second-order valence-corrected chi connectivity index (χ2v) is 5.56. The average Bonchev–Trinajstić information content (AvgIpc) is 2.42. The van der Waals surface area contributed by atoms with Gasteiger partial charge in [-0.1, -0.05) is 12.8 Å². The summed E-state index contributed by atoms with van der Waals surface area (Å²) in [5, 5.41) is 0. The molecule has 98 valence electrons. The van der Waals surface area contributed by atoms with Crippen LogP contribution in [0.5, 0.6) is 0 Å². The first-order valence-corrected chi connectivity index (χ1v) is 7.26. The van der Waals surface area contributed by atoms with Crippen molar-refractivity contribution in [3.05, 3.63) is 0 Å². The van der Waals surface area contributed by atoms with Crippen LogP contribution in [-0.4, -0.2) is 54.3 Å². The fraction of sp³-hybridized carbons (Fsp3) is 0.929. The number of rotatable bonds is 4. The van der Waals surface area contributed by atoms with Gasteiger partial charge in [-0.3, -0.25) is 9.80 Å². The minimum Gasteiger partial charge on any atom is -0.302 e. The molecule has 2 aliphatic heterocycles. The molecule has 17 heavy (non-hydrogen) atoms. The van der Waals surface area contributed by atoms with E-state index in [2.05, 4.69) is 16.7 Å². The first-order chi connectivity index (χ1) is 8.33. The van der Waals surface area contributed by atoms with E-state index >= 15 is 0 Å². The summed E-state index contributed by atoms with van der Waals surface area (Å²) in [4.78, 5) is 16.3. The van der Waals surface area contributed by atoms with Crippen molar-refractivity contribution < 1.29 is 4.79 Å². The van der Waals surface area contributed by atoms with E-state index in [1.165, 1.54) is 57.9 Å². The molecule has 0 N–H and O–H groups in total. The molecule has 3 nitrogen and oxygen atoms in total. The summed E-state index contributed by atoms with van der Waals surface area (Å²) in [6, 6.07) is 0.513. The lowest BCUT2D eigenvalue weighted by Gasteiger charge is -2.41. The van der Waals surface area contributed by atoms with Crippen molar-refractivity contribution >= 4 is 6.29 Å². The maximum absolute atomic E-state index is 11.4. The Morgan fingerprint density at radius 1 is 0.824 bits per heavy atom. The molecule has 0 bridgehead atoms. The van der Waals surface area contributed by atoms with Crippen molar-refractivity contribution in [3.63, 3.8) is 0 Å². The lowest BCUT2D eigenvalue weighted by Crippen LogP contribution is -2.53. The average molecular weight is 238 g/mol. The Morgan fingerprint density at radius 2 is 1.29 bits per heavy atom. The summed E-state index contributed by atoms with van der Waals surface area (Å²) < 4.78 is 0. The lowest BCUT2D eigenvalue weighted by atomic mass is 10.0. The highest BCUT2D eigenvalue weighted by Crippen LogP contribution is 2.19. The number of hydrogen-bond acceptors (Lipinski definition) is 3. The number of carbonyl (C=O) groups is 1. The highest BCUT2D eigenvalue weighted by molar-refractivity contribution is 5.59. The molecule has 0 spiro atoms. The monoisotopic (exact) mass is 238 g/mol.